The van der Waals surface area contributed by atoms with Crippen LogP contribution in [0.1, 0.15) is 0 Å². The first-order chi connectivity index (χ1) is 7.72. The van der Waals surface area contributed by atoms with E-state index in [2.05, 4.69) is 10.6 Å². The Labute approximate surface area is 99.9 Å². The number of amides is 1. The molecule has 88 valence electrons. The number of carbonyl (C=O) groups excluding carboxylic acids is 1. The van der Waals surface area contributed by atoms with Crippen LogP contribution in [0.15, 0.2) is 24.3 Å². The summed E-state index contributed by atoms with van der Waals surface area (Å²) in [6.07, 6.45) is 0. The van der Waals surface area contributed by atoms with Gasteiger partial charge in [0.05, 0.1) is 13.2 Å². The average molecular weight is 243 g/mol. The number of carbonyl (C=O) groups is 1. The van der Waals surface area contributed by atoms with Crippen molar-refractivity contribution in [2.24, 2.45) is 0 Å². The SMILES string of the molecule is COCCNCC(=O)Nc1cccc(Cl)c1. The predicted molar refractivity (Wildman–Crippen MR) is 64.8 cm³/mol. The second-order valence-corrected chi connectivity index (χ2v) is 3.66. The Hall–Kier alpha value is -1.10. The smallest absolute Gasteiger partial charge is 0.238 e. The lowest BCUT2D eigenvalue weighted by molar-refractivity contribution is -0.115. The maximum Gasteiger partial charge on any atom is 0.238 e. The Balaban J connectivity index is 2.29. The summed E-state index contributed by atoms with van der Waals surface area (Å²) in [6.45, 7) is 1.50. The minimum absolute atomic E-state index is 0.0987. The normalized spacial score (nSPS) is 10.1. The van der Waals surface area contributed by atoms with Crippen LogP contribution in [-0.4, -0.2) is 32.7 Å². The molecule has 0 fully saturated rings. The van der Waals surface area contributed by atoms with Crippen LogP contribution in [0, 0.1) is 0 Å². The molecule has 0 aliphatic rings. The third kappa shape index (κ3) is 5.11. The molecular weight excluding hydrogens is 228 g/mol. The number of ether oxygens (including phenoxy) is 1. The van der Waals surface area contributed by atoms with Crippen molar-refractivity contribution in [2.45, 2.75) is 0 Å². The highest BCUT2D eigenvalue weighted by Crippen LogP contribution is 2.14. The van der Waals surface area contributed by atoms with Gasteiger partial charge in [-0.25, -0.2) is 0 Å². The molecule has 0 radical (unpaired) electrons. The first-order valence-corrected chi connectivity index (χ1v) is 5.35. The Morgan fingerprint density at radius 1 is 1.50 bits per heavy atom. The zero-order chi connectivity index (χ0) is 11.8. The van der Waals surface area contributed by atoms with Gasteiger partial charge >= 0.3 is 0 Å². The molecule has 0 saturated heterocycles. The molecule has 0 aromatic heterocycles. The molecule has 0 spiro atoms. The molecule has 2 N–H and O–H groups in total. The molecule has 0 heterocycles. The van der Waals surface area contributed by atoms with Gasteiger partial charge in [0.1, 0.15) is 0 Å². The maximum absolute atomic E-state index is 11.4. The molecule has 0 aliphatic carbocycles. The van der Waals surface area contributed by atoms with Crippen molar-refractivity contribution in [2.75, 3.05) is 32.1 Å². The second-order valence-electron chi connectivity index (χ2n) is 3.23. The van der Waals surface area contributed by atoms with Gasteiger partial charge in [-0.2, -0.15) is 0 Å². The summed E-state index contributed by atoms with van der Waals surface area (Å²) in [4.78, 5) is 11.4. The fourth-order valence-electron chi connectivity index (χ4n) is 1.15. The van der Waals surface area contributed by atoms with Crippen LogP contribution in [-0.2, 0) is 9.53 Å². The van der Waals surface area contributed by atoms with Crippen LogP contribution in [0.4, 0.5) is 5.69 Å². The number of benzene rings is 1. The highest BCUT2D eigenvalue weighted by molar-refractivity contribution is 6.30. The second kappa shape index (κ2) is 7.22. The van der Waals surface area contributed by atoms with Gasteiger partial charge in [0, 0.05) is 24.4 Å². The number of rotatable bonds is 6. The number of methoxy groups -OCH3 is 1. The van der Waals surface area contributed by atoms with Crippen LogP contribution in [0.25, 0.3) is 0 Å². The number of hydrogen-bond donors (Lipinski definition) is 2. The van der Waals surface area contributed by atoms with E-state index >= 15 is 0 Å². The Morgan fingerprint density at radius 3 is 3.00 bits per heavy atom. The third-order valence-electron chi connectivity index (χ3n) is 1.88. The van der Waals surface area contributed by atoms with E-state index < -0.39 is 0 Å². The van der Waals surface area contributed by atoms with Crippen LogP contribution < -0.4 is 10.6 Å². The van der Waals surface area contributed by atoms with E-state index in [0.29, 0.717) is 23.9 Å². The summed E-state index contributed by atoms with van der Waals surface area (Å²) in [5, 5.41) is 6.29. The van der Waals surface area contributed by atoms with Crippen molar-refractivity contribution >= 4 is 23.2 Å². The van der Waals surface area contributed by atoms with Crippen LogP contribution in [0.2, 0.25) is 5.02 Å². The van der Waals surface area contributed by atoms with Crippen LogP contribution in [0.5, 0.6) is 0 Å². The van der Waals surface area contributed by atoms with E-state index in [1.165, 1.54) is 0 Å². The van der Waals surface area contributed by atoms with E-state index in [0.717, 1.165) is 0 Å². The lowest BCUT2D eigenvalue weighted by Gasteiger charge is -2.06. The summed E-state index contributed by atoms with van der Waals surface area (Å²) >= 11 is 5.79. The van der Waals surface area contributed by atoms with E-state index in [9.17, 15) is 4.79 Å². The zero-order valence-corrected chi connectivity index (χ0v) is 9.88. The van der Waals surface area contributed by atoms with Gasteiger partial charge in [0.15, 0.2) is 0 Å². The van der Waals surface area contributed by atoms with Crippen LogP contribution in [0.3, 0.4) is 0 Å². The lowest BCUT2D eigenvalue weighted by Crippen LogP contribution is -2.30. The number of nitrogens with one attached hydrogen (secondary N) is 2. The van der Waals surface area contributed by atoms with Gasteiger partial charge in [0.25, 0.3) is 0 Å². The molecule has 16 heavy (non-hydrogen) atoms. The van der Waals surface area contributed by atoms with Gasteiger partial charge in [-0.05, 0) is 18.2 Å². The third-order valence-corrected chi connectivity index (χ3v) is 2.11. The van der Waals surface area contributed by atoms with Gasteiger partial charge in [-0.3, -0.25) is 4.79 Å². The molecule has 0 aliphatic heterocycles. The Kier molecular flexibility index (Phi) is 5.85. The molecule has 0 atom stereocenters. The molecule has 0 unspecified atom stereocenters. The highest BCUT2D eigenvalue weighted by atomic mass is 35.5. The van der Waals surface area contributed by atoms with Crippen molar-refractivity contribution in [1.82, 2.24) is 5.32 Å². The summed E-state index contributed by atoms with van der Waals surface area (Å²) in [7, 11) is 1.62. The average Bonchev–Trinajstić information content (AvgIpc) is 2.24. The Morgan fingerprint density at radius 2 is 2.31 bits per heavy atom. The standard InChI is InChI=1S/C11H15ClN2O2/c1-16-6-5-13-8-11(15)14-10-4-2-3-9(12)7-10/h2-4,7,13H,5-6,8H2,1H3,(H,14,15). The highest BCUT2D eigenvalue weighted by Gasteiger charge is 2.01. The summed E-state index contributed by atoms with van der Waals surface area (Å²) in [5.74, 6) is -0.0987. The summed E-state index contributed by atoms with van der Waals surface area (Å²) < 4.78 is 4.85. The van der Waals surface area contributed by atoms with Crippen molar-refractivity contribution in [3.8, 4) is 0 Å². The molecule has 4 nitrogen and oxygen atoms in total. The zero-order valence-electron chi connectivity index (χ0n) is 9.13. The fourth-order valence-corrected chi connectivity index (χ4v) is 1.34. The predicted octanol–water partition coefficient (Wildman–Crippen LogP) is 1.51. The molecule has 1 aromatic carbocycles. The summed E-state index contributed by atoms with van der Waals surface area (Å²) in [6, 6.07) is 7.04. The van der Waals surface area contributed by atoms with Gasteiger partial charge in [0.2, 0.25) is 5.91 Å². The van der Waals surface area contributed by atoms with Crippen molar-refractivity contribution in [1.29, 1.82) is 0 Å². The maximum atomic E-state index is 11.4. The van der Waals surface area contributed by atoms with E-state index in [4.69, 9.17) is 16.3 Å². The molecule has 1 aromatic rings. The minimum atomic E-state index is -0.0987. The summed E-state index contributed by atoms with van der Waals surface area (Å²) in [5.41, 5.74) is 0.700. The first-order valence-electron chi connectivity index (χ1n) is 4.97. The minimum Gasteiger partial charge on any atom is -0.383 e. The molecule has 5 heteroatoms. The number of halogens is 1. The number of anilines is 1. The van der Waals surface area contributed by atoms with E-state index in [1.807, 2.05) is 0 Å². The molecule has 0 bridgehead atoms. The molecule has 1 rings (SSSR count). The van der Waals surface area contributed by atoms with Gasteiger partial charge < -0.3 is 15.4 Å². The first kappa shape index (κ1) is 13.0. The lowest BCUT2D eigenvalue weighted by atomic mass is 10.3. The quantitative estimate of drug-likeness (QED) is 0.744. The largest absolute Gasteiger partial charge is 0.383 e. The topological polar surface area (TPSA) is 50.4 Å². The van der Waals surface area contributed by atoms with Crippen molar-refractivity contribution < 1.29 is 9.53 Å². The molecule has 1 amide bonds. The monoisotopic (exact) mass is 242 g/mol. The van der Waals surface area contributed by atoms with Crippen molar-refractivity contribution in [3.63, 3.8) is 0 Å². The van der Waals surface area contributed by atoms with Crippen LogP contribution >= 0.6 is 11.6 Å². The fraction of sp³-hybridized carbons (Fsp3) is 0.364. The Bertz CT molecular complexity index is 345. The van der Waals surface area contributed by atoms with Gasteiger partial charge in [-0.15, -0.1) is 0 Å². The van der Waals surface area contributed by atoms with E-state index in [1.54, 1.807) is 31.4 Å². The van der Waals surface area contributed by atoms with Gasteiger partial charge in [-0.1, -0.05) is 17.7 Å². The van der Waals surface area contributed by atoms with E-state index in [-0.39, 0.29) is 12.5 Å². The molecular formula is C11H15ClN2O2. The van der Waals surface area contributed by atoms with Crippen molar-refractivity contribution in [3.05, 3.63) is 29.3 Å². The molecule has 0 saturated carbocycles. The number of hydrogen-bond acceptors (Lipinski definition) is 3.